The summed E-state index contributed by atoms with van der Waals surface area (Å²) in [5.41, 5.74) is 6.97. The van der Waals surface area contributed by atoms with Crippen LogP contribution in [0.2, 0.25) is 0 Å². The van der Waals surface area contributed by atoms with E-state index in [-0.39, 0.29) is 29.8 Å². The van der Waals surface area contributed by atoms with Crippen molar-refractivity contribution in [2.75, 3.05) is 6.61 Å². The Morgan fingerprint density at radius 2 is 1.67 bits per heavy atom. The molecule has 3 aromatic rings. The van der Waals surface area contributed by atoms with Crippen LogP contribution in [0.5, 0.6) is 5.75 Å². The second kappa shape index (κ2) is 9.41. The van der Waals surface area contributed by atoms with E-state index < -0.39 is 6.61 Å². The Hall–Kier alpha value is -3.67. The Morgan fingerprint density at radius 1 is 0.944 bits per heavy atom. The van der Waals surface area contributed by atoms with Gasteiger partial charge in [-0.2, -0.15) is 8.78 Å². The number of rotatable bonds is 6. The zero-order valence-electron chi connectivity index (χ0n) is 19.8. The van der Waals surface area contributed by atoms with Gasteiger partial charge >= 0.3 is 12.7 Å². The van der Waals surface area contributed by atoms with Gasteiger partial charge in [-0.15, -0.1) is 0 Å². The number of carbonyl (C=O) groups excluding carboxylic acids is 1. The average molecular weight is 488 g/mol. The lowest BCUT2D eigenvalue weighted by molar-refractivity contribution is -0.0498. The number of nitrogens with zero attached hydrogens (tertiary/aromatic N) is 1. The van der Waals surface area contributed by atoms with Crippen LogP contribution in [0.3, 0.4) is 0 Å². The van der Waals surface area contributed by atoms with E-state index in [2.05, 4.69) is 35.1 Å². The minimum absolute atomic E-state index is 0.00916. The molecule has 1 aliphatic carbocycles. The Morgan fingerprint density at radius 3 is 2.36 bits per heavy atom. The lowest BCUT2D eigenvalue weighted by Crippen LogP contribution is -2.44. The summed E-state index contributed by atoms with van der Waals surface area (Å²) in [5.74, 6) is 0.208. The van der Waals surface area contributed by atoms with Crippen LogP contribution in [-0.4, -0.2) is 36.3 Å². The van der Waals surface area contributed by atoms with E-state index in [0.717, 1.165) is 24.8 Å². The molecule has 1 amide bonds. The molecule has 6 rings (SSSR count). The molecule has 184 valence electrons. The smallest absolute Gasteiger partial charge is 0.410 e. The zero-order chi connectivity index (χ0) is 24.6. The van der Waals surface area contributed by atoms with Crippen molar-refractivity contribution < 1.29 is 23.0 Å². The predicted octanol–water partition coefficient (Wildman–Crippen LogP) is 6.94. The number of amides is 1. The van der Waals surface area contributed by atoms with Gasteiger partial charge in [0.1, 0.15) is 12.4 Å². The molecule has 2 atom stereocenters. The predicted molar refractivity (Wildman–Crippen MR) is 133 cm³/mol. The SMILES string of the molecule is O=C(OCC1c2ccccc2-c2ccccc21)N1C2C=C(Cc3cccc(OC(F)F)c3)CC1CC2. The summed E-state index contributed by atoms with van der Waals surface area (Å²) in [5, 5.41) is 0. The number of hydrogen-bond acceptors (Lipinski definition) is 3. The number of ether oxygens (including phenoxy) is 2. The summed E-state index contributed by atoms with van der Waals surface area (Å²) in [6.07, 6.45) is 5.17. The average Bonchev–Trinajstić information content (AvgIpc) is 3.34. The first-order valence-corrected chi connectivity index (χ1v) is 12.4. The Balaban J connectivity index is 1.13. The van der Waals surface area contributed by atoms with Crippen molar-refractivity contribution >= 4 is 6.09 Å². The van der Waals surface area contributed by atoms with Gasteiger partial charge in [0.25, 0.3) is 0 Å². The van der Waals surface area contributed by atoms with Crippen LogP contribution in [0.25, 0.3) is 11.1 Å². The standard InChI is InChI=1S/C30H27F2NO3/c31-29(32)36-23-7-5-6-19(17-23)14-20-15-21-12-13-22(16-20)33(21)30(34)35-18-28-26-10-3-1-8-24(26)25-9-2-4-11-27(25)28/h1-11,15,17,21-22,28-29H,12-14,16,18H2. The maximum Gasteiger partial charge on any atom is 0.410 e. The molecular formula is C30H27F2NO3. The van der Waals surface area contributed by atoms with E-state index in [0.29, 0.717) is 13.0 Å². The van der Waals surface area contributed by atoms with Crippen molar-refractivity contribution in [3.8, 4) is 16.9 Å². The molecule has 0 saturated carbocycles. The number of halogens is 2. The first kappa shape index (κ1) is 22.8. The van der Waals surface area contributed by atoms with Crippen molar-refractivity contribution in [3.05, 3.63) is 101 Å². The normalized spacial score (nSPS) is 20.2. The second-order valence-corrected chi connectivity index (χ2v) is 9.74. The molecule has 3 aliphatic rings. The Labute approximate surface area is 209 Å². The summed E-state index contributed by atoms with van der Waals surface area (Å²) in [6, 6.07) is 23.6. The van der Waals surface area contributed by atoms with Gasteiger partial charge in [-0.05, 0) is 65.6 Å². The fraction of sp³-hybridized carbons (Fsp3) is 0.300. The van der Waals surface area contributed by atoms with Crippen molar-refractivity contribution in [1.82, 2.24) is 4.90 Å². The monoisotopic (exact) mass is 487 g/mol. The molecule has 2 unspecified atom stereocenters. The molecule has 1 fully saturated rings. The molecule has 36 heavy (non-hydrogen) atoms. The van der Waals surface area contributed by atoms with E-state index in [1.165, 1.54) is 33.9 Å². The van der Waals surface area contributed by atoms with Crippen LogP contribution in [0.1, 0.15) is 41.9 Å². The van der Waals surface area contributed by atoms with Gasteiger partial charge < -0.3 is 9.47 Å². The van der Waals surface area contributed by atoms with Crippen molar-refractivity contribution in [1.29, 1.82) is 0 Å². The number of hydrogen-bond donors (Lipinski definition) is 0. The Bertz CT molecular complexity index is 1280. The third-order valence-corrected chi connectivity index (χ3v) is 7.57. The number of carbonyl (C=O) groups is 1. The highest BCUT2D eigenvalue weighted by atomic mass is 19.3. The highest BCUT2D eigenvalue weighted by Gasteiger charge is 2.41. The molecule has 0 radical (unpaired) electrons. The maximum absolute atomic E-state index is 13.2. The maximum atomic E-state index is 13.2. The lowest BCUT2D eigenvalue weighted by atomic mass is 9.95. The lowest BCUT2D eigenvalue weighted by Gasteiger charge is -2.33. The molecule has 2 heterocycles. The van der Waals surface area contributed by atoms with Crippen LogP contribution in [0, 0.1) is 0 Å². The van der Waals surface area contributed by atoms with Crippen LogP contribution in [0.15, 0.2) is 84.4 Å². The van der Waals surface area contributed by atoms with E-state index >= 15 is 0 Å². The molecule has 0 aromatic heterocycles. The fourth-order valence-corrected chi connectivity index (χ4v) is 6.10. The molecule has 0 N–H and O–H groups in total. The van der Waals surface area contributed by atoms with Gasteiger partial charge in [0, 0.05) is 12.0 Å². The van der Waals surface area contributed by atoms with Crippen molar-refractivity contribution in [3.63, 3.8) is 0 Å². The molecule has 3 aromatic carbocycles. The van der Waals surface area contributed by atoms with Crippen LogP contribution < -0.4 is 4.74 Å². The molecule has 6 heteroatoms. The van der Waals surface area contributed by atoms with Crippen LogP contribution >= 0.6 is 0 Å². The summed E-state index contributed by atoms with van der Waals surface area (Å²) < 4.78 is 35.6. The summed E-state index contributed by atoms with van der Waals surface area (Å²) in [4.78, 5) is 15.1. The molecular weight excluding hydrogens is 460 g/mol. The zero-order valence-corrected chi connectivity index (χ0v) is 19.8. The molecule has 0 spiro atoms. The van der Waals surface area contributed by atoms with Gasteiger partial charge in [0.15, 0.2) is 0 Å². The summed E-state index contributed by atoms with van der Waals surface area (Å²) >= 11 is 0. The topological polar surface area (TPSA) is 38.8 Å². The summed E-state index contributed by atoms with van der Waals surface area (Å²) in [6.45, 7) is -2.52. The first-order chi connectivity index (χ1) is 17.6. The number of alkyl halides is 2. The fourth-order valence-electron chi connectivity index (χ4n) is 6.10. The highest BCUT2D eigenvalue weighted by molar-refractivity contribution is 5.79. The van der Waals surface area contributed by atoms with Crippen molar-refractivity contribution in [2.24, 2.45) is 0 Å². The van der Waals surface area contributed by atoms with Gasteiger partial charge in [-0.3, -0.25) is 4.90 Å². The van der Waals surface area contributed by atoms with Gasteiger partial charge in [0.2, 0.25) is 0 Å². The molecule has 2 bridgehead atoms. The van der Waals surface area contributed by atoms with Gasteiger partial charge in [-0.1, -0.05) is 72.3 Å². The highest BCUT2D eigenvalue weighted by Crippen LogP contribution is 2.45. The molecule has 1 saturated heterocycles. The van der Waals surface area contributed by atoms with Crippen LogP contribution in [-0.2, 0) is 11.2 Å². The second-order valence-electron chi connectivity index (χ2n) is 9.74. The summed E-state index contributed by atoms with van der Waals surface area (Å²) in [7, 11) is 0. The minimum Gasteiger partial charge on any atom is -0.448 e. The quantitative estimate of drug-likeness (QED) is 0.354. The Kier molecular flexibility index (Phi) is 5.96. The van der Waals surface area contributed by atoms with Crippen molar-refractivity contribution in [2.45, 2.75) is 50.3 Å². The van der Waals surface area contributed by atoms with Gasteiger partial charge in [-0.25, -0.2) is 4.79 Å². The van der Waals surface area contributed by atoms with E-state index in [1.807, 2.05) is 35.2 Å². The van der Waals surface area contributed by atoms with E-state index in [4.69, 9.17) is 4.74 Å². The van der Waals surface area contributed by atoms with Crippen LogP contribution in [0.4, 0.5) is 13.6 Å². The molecule has 4 nitrogen and oxygen atoms in total. The van der Waals surface area contributed by atoms with E-state index in [1.54, 1.807) is 12.1 Å². The third-order valence-electron chi connectivity index (χ3n) is 7.57. The molecule has 2 aliphatic heterocycles. The van der Waals surface area contributed by atoms with E-state index in [9.17, 15) is 13.6 Å². The first-order valence-electron chi connectivity index (χ1n) is 12.4. The van der Waals surface area contributed by atoms with Gasteiger partial charge in [0.05, 0.1) is 6.04 Å². The number of benzene rings is 3. The number of fused-ring (bicyclic) bond motifs is 5. The largest absolute Gasteiger partial charge is 0.448 e. The third kappa shape index (κ3) is 4.25. The minimum atomic E-state index is -2.84.